The van der Waals surface area contributed by atoms with Gasteiger partial charge in [-0.15, -0.1) is 0 Å². The highest BCUT2D eigenvalue weighted by Gasteiger charge is 2.23. The molecule has 2 aliphatic rings. The zero-order valence-electron chi connectivity index (χ0n) is 19.8. The van der Waals surface area contributed by atoms with Gasteiger partial charge in [0.25, 0.3) is 5.91 Å². The van der Waals surface area contributed by atoms with Crippen LogP contribution in [0.1, 0.15) is 23.2 Å². The second-order valence-electron chi connectivity index (χ2n) is 9.40. The number of hydrogen-bond donors (Lipinski definition) is 2. The summed E-state index contributed by atoms with van der Waals surface area (Å²) in [6, 6.07) is 16.5. The number of carbonyl (C=O) groups is 1. The molecule has 4 aromatic rings. The van der Waals surface area contributed by atoms with E-state index in [1.807, 2.05) is 41.1 Å². The first-order chi connectivity index (χ1) is 17.1. The van der Waals surface area contributed by atoms with Gasteiger partial charge in [0.15, 0.2) is 11.5 Å². The largest absolute Gasteiger partial charge is 0.369 e. The summed E-state index contributed by atoms with van der Waals surface area (Å²) in [5.74, 6) is 0.690. The minimum Gasteiger partial charge on any atom is -0.369 e. The Labute approximate surface area is 204 Å². The molecule has 1 aliphatic carbocycles. The van der Waals surface area contributed by atoms with E-state index in [1.165, 1.54) is 5.69 Å². The minimum atomic E-state index is -0.0110. The van der Waals surface area contributed by atoms with E-state index in [0.29, 0.717) is 17.4 Å². The number of likely N-dealkylation sites (N-methyl/N-ethyl adjacent to an activating group) is 1. The SMILES string of the molecule is CN1CCN(c2ccc(Nc3ncc(-c4ccc(C(=O)NC5CC5)cc4)n4ccnc34)cc2)CC1. The molecule has 2 N–H and O–H groups in total. The summed E-state index contributed by atoms with van der Waals surface area (Å²) in [5, 5.41) is 6.45. The summed E-state index contributed by atoms with van der Waals surface area (Å²) in [6.45, 7) is 4.27. The van der Waals surface area contributed by atoms with Crippen molar-refractivity contribution in [2.75, 3.05) is 43.4 Å². The zero-order valence-corrected chi connectivity index (χ0v) is 19.8. The molecule has 1 amide bonds. The minimum absolute atomic E-state index is 0.0110. The van der Waals surface area contributed by atoms with Crippen molar-refractivity contribution in [3.05, 3.63) is 72.7 Å². The fraction of sp³-hybridized carbons (Fsp3) is 0.296. The number of nitrogens with zero attached hydrogens (tertiary/aromatic N) is 5. The van der Waals surface area contributed by atoms with Crippen molar-refractivity contribution in [2.24, 2.45) is 0 Å². The lowest BCUT2D eigenvalue weighted by Crippen LogP contribution is -2.44. The number of imidazole rings is 1. The highest BCUT2D eigenvalue weighted by molar-refractivity contribution is 5.95. The van der Waals surface area contributed by atoms with Crippen molar-refractivity contribution in [3.63, 3.8) is 0 Å². The standard InChI is InChI=1S/C27H29N7O/c1-32-14-16-33(17-15-32)23-10-8-21(9-11-23)30-25-26-28-12-13-34(26)24(18-29-25)19-2-4-20(5-3-19)27(35)31-22-6-7-22/h2-5,8-13,18,22H,6-7,14-17H2,1H3,(H,29,30)(H,31,35). The normalized spacial score (nSPS) is 16.4. The predicted octanol–water partition coefficient (Wildman–Crippen LogP) is 3.78. The van der Waals surface area contributed by atoms with E-state index < -0.39 is 0 Å². The monoisotopic (exact) mass is 467 g/mol. The van der Waals surface area contributed by atoms with Gasteiger partial charge in [0.1, 0.15) is 0 Å². The third kappa shape index (κ3) is 4.57. The average Bonchev–Trinajstić information content (AvgIpc) is 3.56. The van der Waals surface area contributed by atoms with E-state index in [9.17, 15) is 4.79 Å². The molecule has 6 rings (SSSR count). The van der Waals surface area contributed by atoms with Crippen LogP contribution in [0.3, 0.4) is 0 Å². The average molecular weight is 468 g/mol. The van der Waals surface area contributed by atoms with Crippen LogP contribution in [0.15, 0.2) is 67.1 Å². The zero-order chi connectivity index (χ0) is 23.8. The number of carbonyl (C=O) groups excluding carboxylic acids is 1. The molecular weight excluding hydrogens is 438 g/mol. The van der Waals surface area contributed by atoms with E-state index >= 15 is 0 Å². The fourth-order valence-electron chi connectivity index (χ4n) is 4.47. The number of hydrogen-bond acceptors (Lipinski definition) is 6. The van der Waals surface area contributed by atoms with Gasteiger partial charge in [-0.25, -0.2) is 9.97 Å². The highest BCUT2D eigenvalue weighted by atomic mass is 16.1. The molecule has 2 aromatic carbocycles. The lowest BCUT2D eigenvalue weighted by molar-refractivity contribution is 0.0951. The Bertz CT molecular complexity index is 1330. The van der Waals surface area contributed by atoms with Gasteiger partial charge >= 0.3 is 0 Å². The van der Waals surface area contributed by atoms with Crippen molar-refractivity contribution in [1.82, 2.24) is 24.6 Å². The van der Waals surface area contributed by atoms with E-state index in [1.54, 1.807) is 6.20 Å². The third-order valence-electron chi connectivity index (χ3n) is 6.78. The first-order valence-corrected chi connectivity index (χ1v) is 12.2. The van der Waals surface area contributed by atoms with Gasteiger partial charge < -0.3 is 20.4 Å². The van der Waals surface area contributed by atoms with E-state index in [-0.39, 0.29) is 5.91 Å². The smallest absolute Gasteiger partial charge is 0.251 e. The maximum Gasteiger partial charge on any atom is 0.251 e. The van der Waals surface area contributed by atoms with Gasteiger partial charge in [0.05, 0.1) is 11.9 Å². The number of benzene rings is 2. The Hall–Kier alpha value is -3.91. The third-order valence-corrected chi connectivity index (χ3v) is 6.78. The van der Waals surface area contributed by atoms with Gasteiger partial charge in [-0.2, -0.15) is 0 Å². The Morgan fingerprint density at radius 1 is 0.943 bits per heavy atom. The van der Waals surface area contributed by atoms with Gasteiger partial charge in [-0.3, -0.25) is 9.20 Å². The van der Waals surface area contributed by atoms with Gasteiger partial charge in [-0.1, -0.05) is 12.1 Å². The van der Waals surface area contributed by atoms with Crippen LogP contribution in [0, 0.1) is 0 Å². The molecule has 2 fully saturated rings. The van der Waals surface area contributed by atoms with E-state index in [4.69, 9.17) is 0 Å². The molecule has 8 nitrogen and oxygen atoms in total. The Morgan fingerprint density at radius 2 is 1.69 bits per heavy atom. The van der Waals surface area contributed by atoms with Crippen LogP contribution in [0.25, 0.3) is 16.9 Å². The maximum atomic E-state index is 12.3. The topological polar surface area (TPSA) is 77.8 Å². The molecule has 0 unspecified atom stereocenters. The molecule has 0 atom stereocenters. The molecule has 0 bridgehead atoms. The second kappa shape index (κ2) is 9.03. The number of amides is 1. The van der Waals surface area contributed by atoms with Crippen LogP contribution in [-0.4, -0.2) is 64.4 Å². The molecule has 0 radical (unpaired) electrons. The van der Waals surface area contributed by atoms with E-state index in [2.05, 4.69) is 61.7 Å². The molecule has 178 valence electrons. The van der Waals surface area contributed by atoms with Crippen LogP contribution in [0.4, 0.5) is 17.2 Å². The van der Waals surface area contributed by atoms with Crippen molar-refractivity contribution >= 4 is 28.7 Å². The van der Waals surface area contributed by atoms with Crippen LogP contribution in [0.5, 0.6) is 0 Å². The first kappa shape index (κ1) is 21.6. The second-order valence-corrected chi connectivity index (χ2v) is 9.40. The van der Waals surface area contributed by atoms with Crippen molar-refractivity contribution in [2.45, 2.75) is 18.9 Å². The first-order valence-electron chi connectivity index (χ1n) is 12.2. The number of piperazine rings is 1. The summed E-state index contributed by atoms with van der Waals surface area (Å²) < 4.78 is 2.02. The molecule has 0 spiro atoms. The van der Waals surface area contributed by atoms with Crippen molar-refractivity contribution in [3.8, 4) is 11.3 Å². The maximum absolute atomic E-state index is 12.3. The van der Waals surface area contributed by atoms with Gasteiger partial charge in [0.2, 0.25) is 0 Å². The summed E-state index contributed by atoms with van der Waals surface area (Å²) in [4.78, 5) is 26.3. The number of anilines is 3. The molecule has 8 heteroatoms. The summed E-state index contributed by atoms with van der Waals surface area (Å²) >= 11 is 0. The summed E-state index contributed by atoms with van der Waals surface area (Å²) in [5.41, 5.74) is 5.54. The van der Waals surface area contributed by atoms with E-state index in [0.717, 1.165) is 61.6 Å². The fourth-order valence-corrected chi connectivity index (χ4v) is 4.47. The summed E-state index contributed by atoms with van der Waals surface area (Å²) in [7, 11) is 2.17. The van der Waals surface area contributed by atoms with Crippen LogP contribution >= 0.6 is 0 Å². The summed E-state index contributed by atoms with van der Waals surface area (Å²) in [6.07, 6.45) is 7.71. The highest BCUT2D eigenvalue weighted by Crippen LogP contribution is 2.27. The van der Waals surface area contributed by atoms with Crippen molar-refractivity contribution < 1.29 is 4.79 Å². The molecule has 1 saturated heterocycles. The number of fused-ring (bicyclic) bond motifs is 1. The lowest BCUT2D eigenvalue weighted by atomic mass is 10.1. The number of aromatic nitrogens is 3. The quantitative estimate of drug-likeness (QED) is 0.449. The lowest BCUT2D eigenvalue weighted by Gasteiger charge is -2.34. The Balaban J connectivity index is 1.20. The van der Waals surface area contributed by atoms with Crippen LogP contribution in [0.2, 0.25) is 0 Å². The molecule has 35 heavy (non-hydrogen) atoms. The molecule has 1 saturated carbocycles. The van der Waals surface area contributed by atoms with Gasteiger partial charge in [-0.05, 0) is 56.3 Å². The van der Waals surface area contributed by atoms with Crippen molar-refractivity contribution in [1.29, 1.82) is 0 Å². The number of nitrogens with one attached hydrogen (secondary N) is 2. The van der Waals surface area contributed by atoms with Gasteiger partial charge in [0, 0.05) is 67.1 Å². The Morgan fingerprint density at radius 3 is 2.40 bits per heavy atom. The Kier molecular flexibility index (Phi) is 5.58. The van der Waals surface area contributed by atoms with Crippen LogP contribution in [-0.2, 0) is 0 Å². The predicted molar refractivity (Wildman–Crippen MR) is 138 cm³/mol. The molecule has 2 aromatic heterocycles. The molecule has 1 aliphatic heterocycles. The van der Waals surface area contributed by atoms with Crippen LogP contribution < -0.4 is 15.5 Å². The molecule has 3 heterocycles. The molecular formula is C27H29N7O. The number of rotatable bonds is 6.